The van der Waals surface area contributed by atoms with Gasteiger partial charge in [0.2, 0.25) is 0 Å². The van der Waals surface area contributed by atoms with Gasteiger partial charge in [0.1, 0.15) is 0 Å². The van der Waals surface area contributed by atoms with Crippen LogP contribution < -0.4 is 0 Å². The molecule has 1 rings (SSSR count). The van der Waals surface area contributed by atoms with E-state index in [0.29, 0.717) is 6.54 Å². The molecule has 0 bridgehead atoms. The van der Waals surface area contributed by atoms with E-state index >= 15 is 0 Å². The van der Waals surface area contributed by atoms with Gasteiger partial charge in [0, 0.05) is 23.5 Å². The summed E-state index contributed by atoms with van der Waals surface area (Å²) in [5.41, 5.74) is 1.19. The Bertz CT molecular complexity index is 409. The molecule has 0 fully saturated rings. The van der Waals surface area contributed by atoms with E-state index in [1.54, 1.807) is 11.8 Å². The van der Waals surface area contributed by atoms with Crippen LogP contribution in [0.25, 0.3) is 0 Å². The third-order valence-electron chi connectivity index (χ3n) is 3.08. The van der Waals surface area contributed by atoms with Crippen molar-refractivity contribution < 1.29 is 9.90 Å². The van der Waals surface area contributed by atoms with E-state index < -0.39 is 5.97 Å². The number of carboxylic acids is 1. The zero-order valence-electron chi connectivity index (χ0n) is 12.1. The number of nitrogens with zero attached hydrogens (tertiary/aromatic N) is 1. The van der Waals surface area contributed by atoms with E-state index in [2.05, 4.69) is 56.2 Å². The predicted molar refractivity (Wildman–Crippen MR) is 80.6 cm³/mol. The molecular formula is C15H23NO2S. The van der Waals surface area contributed by atoms with Crippen LogP contribution in [0.1, 0.15) is 32.8 Å². The van der Waals surface area contributed by atoms with Gasteiger partial charge in [0.05, 0.1) is 6.42 Å². The molecule has 0 atom stereocenters. The van der Waals surface area contributed by atoms with Crippen LogP contribution in [0.5, 0.6) is 0 Å². The van der Waals surface area contributed by atoms with Crippen molar-refractivity contribution in [2.24, 2.45) is 0 Å². The number of hydrogen-bond acceptors (Lipinski definition) is 3. The van der Waals surface area contributed by atoms with Gasteiger partial charge in [0.25, 0.3) is 0 Å². The summed E-state index contributed by atoms with van der Waals surface area (Å²) in [4.78, 5) is 14.2. The molecule has 0 heterocycles. The molecule has 0 aromatic heterocycles. The minimum atomic E-state index is -0.744. The summed E-state index contributed by atoms with van der Waals surface area (Å²) < 4.78 is 0. The van der Waals surface area contributed by atoms with Gasteiger partial charge >= 0.3 is 5.97 Å². The van der Waals surface area contributed by atoms with Crippen molar-refractivity contribution in [3.63, 3.8) is 0 Å². The van der Waals surface area contributed by atoms with E-state index in [0.717, 1.165) is 6.54 Å². The summed E-state index contributed by atoms with van der Waals surface area (Å²) in [6.07, 6.45) is 2.24. The van der Waals surface area contributed by atoms with Gasteiger partial charge < -0.3 is 5.11 Å². The summed E-state index contributed by atoms with van der Waals surface area (Å²) in [5.74, 6) is -0.744. The highest BCUT2D eigenvalue weighted by Gasteiger charge is 2.21. The molecule has 1 aromatic carbocycles. The van der Waals surface area contributed by atoms with Crippen molar-refractivity contribution >= 4 is 17.7 Å². The number of benzene rings is 1. The predicted octanol–water partition coefficient (Wildman–Crippen LogP) is 3.48. The van der Waals surface area contributed by atoms with Crippen LogP contribution in [-0.2, 0) is 11.3 Å². The highest BCUT2D eigenvalue weighted by molar-refractivity contribution is 7.98. The van der Waals surface area contributed by atoms with Gasteiger partial charge in [-0.2, -0.15) is 0 Å². The molecule has 106 valence electrons. The highest BCUT2D eigenvalue weighted by atomic mass is 32.2. The number of carboxylic acid groups (broad SMARTS) is 1. The first kappa shape index (κ1) is 16.1. The molecule has 3 nitrogen and oxygen atoms in total. The Morgan fingerprint density at radius 2 is 1.84 bits per heavy atom. The number of rotatable bonds is 6. The van der Waals surface area contributed by atoms with Gasteiger partial charge in [-0.3, -0.25) is 9.69 Å². The normalized spacial score (nSPS) is 11.8. The number of hydrogen-bond donors (Lipinski definition) is 1. The Hall–Kier alpha value is -1.00. The van der Waals surface area contributed by atoms with Crippen molar-refractivity contribution in [2.45, 2.75) is 44.2 Å². The van der Waals surface area contributed by atoms with Crippen molar-refractivity contribution in [2.75, 3.05) is 12.8 Å². The zero-order chi connectivity index (χ0) is 14.5. The molecule has 0 unspecified atom stereocenters. The lowest BCUT2D eigenvalue weighted by Crippen LogP contribution is -2.41. The molecule has 1 aromatic rings. The van der Waals surface area contributed by atoms with Crippen molar-refractivity contribution in [3.8, 4) is 0 Å². The van der Waals surface area contributed by atoms with E-state index in [4.69, 9.17) is 5.11 Å². The number of thioether (sulfide) groups is 1. The zero-order valence-corrected chi connectivity index (χ0v) is 13.0. The van der Waals surface area contributed by atoms with Crippen molar-refractivity contribution in [1.29, 1.82) is 0 Å². The summed E-state index contributed by atoms with van der Waals surface area (Å²) in [6.45, 7) is 7.70. The van der Waals surface area contributed by atoms with Crippen LogP contribution in [0.15, 0.2) is 29.2 Å². The Balaban J connectivity index is 2.72. The molecule has 4 heteroatoms. The largest absolute Gasteiger partial charge is 0.481 e. The monoisotopic (exact) mass is 281 g/mol. The van der Waals surface area contributed by atoms with Crippen LogP contribution in [0.4, 0.5) is 0 Å². The maximum absolute atomic E-state index is 10.7. The molecule has 1 N–H and O–H groups in total. The third-order valence-corrected chi connectivity index (χ3v) is 3.82. The summed E-state index contributed by atoms with van der Waals surface area (Å²) in [5, 5.41) is 8.83. The second-order valence-corrected chi connectivity index (χ2v) is 6.46. The van der Waals surface area contributed by atoms with E-state index in [1.807, 2.05) is 0 Å². The Morgan fingerprint density at radius 1 is 1.26 bits per heavy atom. The molecule has 0 radical (unpaired) electrons. The second-order valence-electron chi connectivity index (χ2n) is 5.58. The third kappa shape index (κ3) is 5.66. The Kier molecular flexibility index (Phi) is 5.88. The Labute approximate surface area is 120 Å². The van der Waals surface area contributed by atoms with Crippen molar-refractivity contribution in [1.82, 2.24) is 4.90 Å². The molecule has 0 saturated heterocycles. The standard InChI is InChI=1S/C15H23NO2S/c1-15(2,3)16(10-9-14(17)18)11-12-5-7-13(19-4)8-6-12/h5-8H,9-11H2,1-4H3,(H,17,18). The van der Waals surface area contributed by atoms with Gasteiger partial charge in [-0.1, -0.05) is 12.1 Å². The molecule has 0 aliphatic carbocycles. The van der Waals surface area contributed by atoms with Crippen LogP contribution in [0, 0.1) is 0 Å². The fraction of sp³-hybridized carbons (Fsp3) is 0.533. The van der Waals surface area contributed by atoms with E-state index in [1.165, 1.54) is 10.5 Å². The Morgan fingerprint density at radius 3 is 2.26 bits per heavy atom. The van der Waals surface area contributed by atoms with Gasteiger partial charge in [-0.15, -0.1) is 11.8 Å². The lowest BCUT2D eigenvalue weighted by atomic mass is 10.0. The minimum Gasteiger partial charge on any atom is -0.481 e. The highest BCUT2D eigenvalue weighted by Crippen LogP contribution is 2.20. The molecule has 19 heavy (non-hydrogen) atoms. The molecule has 0 amide bonds. The molecule has 0 aliphatic rings. The molecule has 0 spiro atoms. The van der Waals surface area contributed by atoms with Crippen LogP contribution in [-0.4, -0.2) is 34.3 Å². The van der Waals surface area contributed by atoms with Crippen molar-refractivity contribution in [3.05, 3.63) is 29.8 Å². The van der Waals surface area contributed by atoms with E-state index in [-0.39, 0.29) is 12.0 Å². The molecule has 0 aliphatic heterocycles. The topological polar surface area (TPSA) is 40.5 Å². The average molecular weight is 281 g/mol. The van der Waals surface area contributed by atoms with Crippen LogP contribution >= 0.6 is 11.8 Å². The maximum Gasteiger partial charge on any atom is 0.304 e. The van der Waals surface area contributed by atoms with Crippen LogP contribution in [0.3, 0.4) is 0 Å². The van der Waals surface area contributed by atoms with Gasteiger partial charge in [0.15, 0.2) is 0 Å². The first-order chi connectivity index (χ1) is 8.82. The summed E-state index contributed by atoms with van der Waals surface area (Å²) in [6, 6.07) is 8.45. The lowest BCUT2D eigenvalue weighted by molar-refractivity contribution is -0.137. The SMILES string of the molecule is CSc1ccc(CN(CCC(=O)O)C(C)(C)C)cc1. The summed E-state index contributed by atoms with van der Waals surface area (Å²) in [7, 11) is 0. The first-order valence-electron chi connectivity index (χ1n) is 6.42. The fourth-order valence-electron chi connectivity index (χ4n) is 1.83. The van der Waals surface area contributed by atoms with Gasteiger partial charge in [-0.05, 0) is 44.7 Å². The van der Waals surface area contributed by atoms with Gasteiger partial charge in [-0.25, -0.2) is 0 Å². The van der Waals surface area contributed by atoms with E-state index in [9.17, 15) is 4.79 Å². The number of carbonyl (C=O) groups is 1. The average Bonchev–Trinajstić information content (AvgIpc) is 2.33. The number of aliphatic carboxylic acids is 1. The molecular weight excluding hydrogens is 258 g/mol. The maximum atomic E-state index is 10.7. The summed E-state index contributed by atoms with van der Waals surface area (Å²) >= 11 is 1.72. The molecule has 0 saturated carbocycles. The van der Waals surface area contributed by atoms with Crippen LogP contribution in [0.2, 0.25) is 0 Å². The smallest absolute Gasteiger partial charge is 0.304 e. The quantitative estimate of drug-likeness (QED) is 0.810. The fourth-order valence-corrected chi connectivity index (χ4v) is 2.24. The second kappa shape index (κ2) is 6.96. The minimum absolute atomic E-state index is 0.0341. The lowest BCUT2D eigenvalue weighted by Gasteiger charge is -2.35. The first-order valence-corrected chi connectivity index (χ1v) is 7.65.